The van der Waals surface area contributed by atoms with Crippen LogP contribution in [0.2, 0.25) is 0 Å². The predicted octanol–water partition coefficient (Wildman–Crippen LogP) is 7.00. The first-order valence-corrected chi connectivity index (χ1v) is 12.3. The maximum Gasteiger partial charge on any atom is 0.213 e. The number of ether oxygens (including phenoxy) is 2. The molecule has 1 aliphatic carbocycles. The lowest BCUT2D eigenvalue weighted by molar-refractivity contribution is 0.381. The SMILES string of the molecule is COc1ccc(CN(Cc2ccnc(F)c2)Sc2ccc(C3CCCCC3)cc2)c(OC)c1. The van der Waals surface area contributed by atoms with E-state index < -0.39 is 5.95 Å². The number of benzene rings is 2. The van der Waals surface area contributed by atoms with Gasteiger partial charge in [0.05, 0.1) is 14.2 Å². The Morgan fingerprint density at radius 3 is 2.42 bits per heavy atom. The van der Waals surface area contributed by atoms with E-state index >= 15 is 0 Å². The fourth-order valence-corrected chi connectivity index (χ4v) is 5.40. The first-order chi connectivity index (χ1) is 16.1. The first kappa shape index (κ1) is 23.6. The van der Waals surface area contributed by atoms with Crippen molar-refractivity contribution in [2.24, 2.45) is 0 Å². The number of nitrogens with zero attached hydrogens (tertiary/aromatic N) is 2. The van der Waals surface area contributed by atoms with Crippen LogP contribution in [-0.2, 0) is 13.1 Å². The van der Waals surface area contributed by atoms with Crippen molar-refractivity contribution in [2.75, 3.05) is 14.2 Å². The third-order valence-electron chi connectivity index (χ3n) is 6.18. The van der Waals surface area contributed by atoms with Crippen molar-refractivity contribution in [2.45, 2.75) is 56.0 Å². The lowest BCUT2D eigenvalue weighted by Gasteiger charge is -2.24. The van der Waals surface area contributed by atoms with Gasteiger partial charge < -0.3 is 9.47 Å². The molecule has 3 aromatic rings. The van der Waals surface area contributed by atoms with Crippen LogP contribution in [0.4, 0.5) is 4.39 Å². The highest BCUT2D eigenvalue weighted by molar-refractivity contribution is 7.97. The third kappa shape index (κ3) is 6.49. The Kier molecular flexibility index (Phi) is 8.24. The van der Waals surface area contributed by atoms with Gasteiger partial charge in [0.2, 0.25) is 5.95 Å². The number of hydrogen-bond donors (Lipinski definition) is 0. The van der Waals surface area contributed by atoms with Gasteiger partial charge in [-0.2, -0.15) is 4.39 Å². The van der Waals surface area contributed by atoms with Crippen LogP contribution in [0.25, 0.3) is 0 Å². The molecule has 2 aromatic carbocycles. The molecule has 0 unspecified atom stereocenters. The van der Waals surface area contributed by atoms with Gasteiger partial charge in [0.1, 0.15) is 11.5 Å². The van der Waals surface area contributed by atoms with Crippen LogP contribution in [0.1, 0.15) is 54.7 Å². The molecule has 0 atom stereocenters. The van der Waals surface area contributed by atoms with Crippen molar-refractivity contribution >= 4 is 11.9 Å². The number of pyridine rings is 1. The van der Waals surface area contributed by atoms with Gasteiger partial charge in [-0.05, 0) is 72.2 Å². The largest absolute Gasteiger partial charge is 0.497 e. The van der Waals surface area contributed by atoms with Gasteiger partial charge >= 0.3 is 0 Å². The monoisotopic (exact) mass is 466 g/mol. The first-order valence-electron chi connectivity index (χ1n) is 11.5. The summed E-state index contributed by atoms with van der Waals surface area (Å²) in [5.74, 6) is 1.76. The van der Waals surface area contributed by atoms with Crippen molar-refractivity contribution in [1.82, 2.24) is 9.29 Å². The summed E-state index contributed by atoms with van der Waals surface area (Å²) < 4.78 is 26.9. The summed E-state index contributed by atoms with van der Waals surface area (Å²) >= 11 is 1.67. The predicted molar refractivity (Wildman–Crippen MR) is 131 cm³/mol. The summed E-state index contributed by atoms with van der Waals surface area (Å²) in [4.78, 5) is 4.85. The quantitative estimate of drug-likeness (QED) is 0.251. The summed E-state index contributed by atoms with van der Waals surface area (Å²) in [5, 5.41) is 0. The highest BCUT2D eigenvalue weighted by Gasteiger charge is 2.17. The van der Waals surface area contributed by atoms with E-state index in [9.17, 15) is 4.39 Å². The molecule has 1 aromatic heterocycles. The van der Waals surface area contributed by atoms with E-state index in [1.807, 2.05) is 24.3 Å². The molecular formula is C27H31FN2O2S. The van der Waals surface area contributed by atoms with Crippen molar-refractivity contribution < 1.29 is 13.9 Å². The normalized spacial score (nSPS) is 14.4. The summed E-state index contributed by atoms with van der Waals surface area (Å²) in [6.45, 7) is 1.20. The van der Waals surface area contributed by atoms with E-state index in [4.69, 9.17) is 9.47 Å². The minimum Gasteiger partial charge on any atom is -0.497 e. The zero-order valence-corrected chi connectivity index (χ0v) is 20.1. The van der Waals surface area contributed by atoms with Gasteiger partial charge in [0.25, 0.3) is 0 Å². The smallest absolute Gasteiger partial charge is 0.213 e. The van der Waals surface area contributed by atoms with E-state index in [0.29, 0.717) is 19.0 Å². The molecule has 4 nitrogen and oxygen atoms in total. The second kappa shape index (κ2) is 11.5. The van der Waals surface area contributed by atoms with E-state index in [0.717, 1.165) is 27.5 Å². The molecule has 1 heterocycles. The molecule has 0 bridgehead atoms. The van der Waals surface area contributed by atoms with Crippen LogP contribution in [0.5, 0.6) is 11.5 Å². The molecule has 6 heteroatoms. The van der Waals surface area contributed by atoms with Crippen LogP contribution in [0.15, 0.2) is 65.7 Å². The molecule has 0 saturated heterocycles. The van der Waals surface area contributed by atoms with E-state index in [1.54, 1.807) is 26.2 Å². The van der Waals surface area contributed by atoms with Gasteiger partial charge in [-0.15, -0.1) is 0 Å². The second-order valence-electron chi connectivity index (χ2n) is 8.46. The van der Waals surface area contributed by atoms with Crippen LogP contribution < -0.4 is 9.47 Å². The number of rotatable bonds is 9. The topological polar surface area (TPSA) is 34.6 Å². The number of methoxy groups -OCH3 is 2. The Morgan fingerprint density at radius 1 is 0.939 bits per heavy atom. The summed E-state index contributed by atoms with van der Waals surface area (Å²) in [6, 6.07) is 18.2. The fourth-order valence-electron chi connectivity index (χ4n) is 4.42. The van der Waals surface area contributed by atoms with E-state index in [2.05, 4.69) is 33.6 Å². The van der Waals surface area contributed by atoms with Crippen LogP contribution in [0, 0.1) is 5.95 Å². The maximum atomic E-state index is 13.7. The Bertz CT molecular complexity index is 1040. The van der Waals surface area contributed by atoms with Crippen LogP contribution in [0.3, 0.4) is 0 Å². The second-order valence-corrected chi connectivity index (χ2v) is 9.63. The molecule has 0 spiro atoms. The number of aromatic nitrogens is 1. The lowest BCUT2D eigenvalue weighted by atomic mass is 9.84. The molecule has 174 valence electrons. The molecule has 33 heavy (non-hydrogen) atoms. The Hall–Kier alpha value is -2.57. The summed E-state index contributed by atoms with van der Waals surface area (Å²) in [7, 11) is 3.31. The number of halogens is 1. The molecule has 0 N–H and O–H groups in total. The maximum absolute atomic E-state index is 13.7. The summed E-state index contributed by atoms with van der Waals surface area (Å²) in [6.07, 6.45) is 8.14. The van der Waals surface area contributed by atoms with E-state index in [1.165, 1.54) is 49.9 Å². The van der Waals surface area contributed by atoms with Gasteiger partial charge in [0.15, 0.2) is 0 Å². The lowest BCUT2D eigenvalue weighted by Crippen LogP contribution is -2.16. The minimum absolute atomic E-state index is 0.462. The average molecular weight is 467 g/mol. The van der Waals surface area contributed by atoms with Crippen molar-refractivity contribution in [3.05, 3.63) is 83.4 Å². The summed E-state index contributed by atoms with van der Waals surface area (Å²) in [5.41, 5.74) is 3.36. The van der Waals surface area contributed by atoms with Crippen molar-refractivity contribution in [3.8, 4) is 11.5 Å². The fraction of sp³-hybridized carbons (Fsp3) is 0.370. The molecule has 1 saturated carbocycles. The molecule has 0 radical (unpaired) electrons. The Balaban J connectivity index is 1.53. The highest BCUT2D eigenvalue weighted by Crippen LogP contribution is 2.35. The molecular weight excluding hydrogens is 435 g/mol. The van der Waals surface area contributed by atoms with Gasteiger partial charge in [-0.1, -0.05) is 37.5 Å². The van der Waals surface area contributed by atoms with Crippen molar-refractivity contribution in [1.29, 1.82) is 0 Å². The zero-order valence-electron chi connectivity index (χ0n) is 19.3. The highest BCUT2D eigenvalue weighted by atomic mass is 32.2. The molecule has 1 fully saturated rings. The third-order valence-corrected chi connectivity index (χ3v) is 7.18. The molecule has 1 aliphatic rings. The Labute approximate surface area is 200 Å². The molecule has 0 amide bonds. The van der Waals surface area contributed by atoms with Gasteiger partial charge in [-0.25, -0.2) is 9.29 Å². The van der Waals surface area contributed by atoms with E-state index in [-0.39, 0.29) is 0 Å². The van der Waals surface area contributed by atoms with Crippen LogP contribution in [-0.4, -0.2) is 23.5 Å². The average Bonchev–Trinajstić information content (AvgIpc) is 2.85. The van der Waals surface area contributed by atoms with Gasteiger partial charge in [0, 0.05) is 35.8 Å². The van der Waals surface area contributed by atoms with Gasteiger partial charge in [-0.3, -0.25) is 0 Å². The van der Waals surface area contributed by atoms with Crippen molar-refractivity contribution in [3.63, 3.8) is 0 Å². The molecule has 4 rings (SSSR count). The number of hydrogen-bond acceptors (Lipinski definition) is 5. The molecule has 0 aliphatic heterocycles. The van der Waals surface area contributed by atoms with Crippen LogP contribution >= 0.6 is 11.9 Å². The minimum atomic E-state index is -0.462. The Morgan fingerprint density at radius 2 is 1.73 bits per heavy atom. The standard InChI is InChI=1S/C27H31FN2O2S/c1-31-24-11-8-23(26(17-24)32-2)19-30(18-20-14-15-29-27(28)16-20)33-25-12-9-22(10-13-25)21-6-4-3-5-7-21/h8-17,21H,3-7,18-19H2,1-2H3. The zero-order chi connectivity index (χ0) is 23.0.